The van der Waals surface area contributed by atoms with E-state index in [1.54, 1.807) is 49.7 Å². The third kappa shape index (κ3) is 3.77. The number of hydrogen-bond donors (Lipinski definition) is 2. The zero-order valence-electron chi connectivity index (χ0n) is 14.6. The first-order chi connectivity index (χ1) is 13.2. The van der Waals surface area contributed by atoms with Crippen molar-refractivity contribution in [2.75, 3.05) is 24.5 Å². The third-order valence-corrected chi connectivity index (χ3v) is 4.00. The topological polar surface area (TPSA) is 81.7 Å². The third-order valence-electron chi connectivity index (χ3n) is 4.00. The molecule has 0 saturated carbocycles. The van der Waals surface area contributed by atoms with Gasteiger partial charge in [0.15, 0.2) is 11.5 Å². The van der Waals surface area contributed by atoms with E-state index in [2.05, 4.69) is 15.6 Å². The van der Waals surface area contributed by atoms with Gasteiger partial charge in [-0.25, -0.2) is 4.98 Å². The second-order valence-corrected chi connectivity index (χ2v) is 5.81. The summed E-state index contributed by atoms with van der Waals surface area (Å²) in [7, 11) is 1.56. The van der Waals surface area contributed by atoms with Crippen molar-refractivity contribution in [1.82, 2.24) is 4.98 Å². The first-order valence-electron chi connectivity index (χ1n) is 8.29. The van der Waals surface area contributed by atoms with Gasteiger partial charge in [-0.15, -0.1) is 0 Å². The van der Waals surface area contributed by atoms with Crippen LogP contribution >= 0.6 is 0 Å². The molecular weight excluding hydrogens is 346 g/mol. The number of hydrogen-bond acceptors (Lipinski definition) is 6. The molecule has 7 nitrogen and oxygen atoms in total. The monoisotopic (exact) mass is 363 g/mol. The minimum absolute atomic E-state index is 0.229. The van der Waals surface area contributed by atoms with Crippen molar-refractivity contribution in [2.24, 2.45) is 0 Å². The van der Waals surface area contributed by atoms with Crippen molar-refractivity contribution in [3.05, 3.63) is 66.4 Å². The van der Waals surface area contributed by atoms with E-state index in [1.807, 2.05) is 18.2 Å². The van der Waals surface area contributed by atoms with Gasteiger partial charge < -0.3 is 24.8 Å². The average Bonchev–Trinajstić information content (AvgIpc) is 3.17. The van der Waals surface area contributed by atoms with Gasteiger partial charge in [0.1, 0.15) is 11.6 Å². The van der Waals surface area contributed by atoms with Crippen molar-refractivity contribution in [1.29, 1.82) is 0 Å². The molecule has 2 heterocycles. The second-order valence-electron chi connectivity index (χ2n) is 5.81. The van der Waals surface area contributed by atoms with Gasteiger partial charge in [-0.1, -0.05) is 6.07 Å². The Morgan fingerprint density at radius 1 is 1.04 bits per heavy atom. The number of nitrogens with zero attached hydrogens (tertiary/aromatic N) is 1. The van der Waals surface area contributed by atoms with Crippen LogP contribution in [0.2, 0.25) is 0 Å². The number of methoxy groups -OCH3 is 1. The number of ether oxygens (including phenoxy) is 3. The zero-order valence-corrected chi connectivity index (χ0v) is 14.6. The van der Waals surface area contributed by atoms with Crippen LogP contribution in [0.1, 0.15) is 10.4 Å². The summed E-state index contributed by atoms with van der Waals surface area (Å²) in [4.78, 5) is 16.7. The predicted octanol–water partition coefficient (Wildman–Crippen LogP) is 3.81. The minimum Gasteiger partial charge on any atom is -0.497 e. The van der Waals surface area contributed by atoms with E-state index in [1.165, 1.54) is 0 Å². The smallest absolute Gasteiger partial charge is 0.255 e. The number of carbonyl (C=O) groups is 1. The number of aromatic nitrogens is 1. The molecule has 0 unspecified atom stereocenters. The SMILES string of the molecule is COc1cccc(C(=O)Nc2ccc(Nc3ccc4c(c3)OCO4)nc2)c1. The molecule has 0 radical (unpaired) electrons. The number of nitrogens with one attached hydrogen (secondary N) is 2. The fraction of sp³-hybridized carbons (Fsp3) is 0.100. The summed E-state index contributed by atoms with van der Waals surface area (Å²) >= 11 is 0. The van der Waals surface area contributed by atoms with Crippen LogP contribution in [0.25, 0.3) is 0 Å². The van der Waals surface area contributed by atoms with E-state index in [0.717, 1.165) is 11.4 Å². The van der Waals surface area contributed by atoms with Gasteiger partial charge in [-0.3, -0.25) is 4.79 Å². The molecule has 7 heteroatoms. The summed E-state index contributed by atoms with van der Waals surface area (Å²) < 4.78 is 15.8. The Labute approximate surface area is 155 Å². The van der Waals surface area contributed by atoms with E-state index < -0.39 is 0 Å². The molecule has 0 atom stereocenters. The molecule has 2 N–H and O–H groups in total. The number of anilines is 3. The maximum Gasteiger partial charge on any atom is 0.255 e. The van der Waals surface area contributed by atoms with Gasteiger partial charge in [0.25, 0.3) is 5.91 Å². The standard InChI is InChI=1S/C20H17N3O4/c1-25-16-4-2-3-13(9-16)20(24)23-15-6-8-19(21-11-15)22-14-5-7-17-18(10-14)27-12-26-17/h2-11H,12H2,1H3,(H,21,22)(H,23,24). The second kappa shape index (κ2) is 7.25. The Balaban J connectivity index is 1.42. The molecule has 1 amide bonds. The van der Waals surface area contributed by atoms with Crippen LogP contribution in [0.3, 0.4) is 0 Å². The highest BCUT2D eigenvalue weighted by molar-refractivity contribution is 6.04. The maximum absolute atomic E-state index is 12.3. The lowest BCUT2D eigenvalue weighted by Crippen LogP contribution is -2.12. The van der Waals surface area contributed by atoms with E-state index >= 15 is 0 Å². The van der Waals surface area contributed by atoms with Crippen molar-refractivity contribution < 1.29 is 19.0 Å². The molecule has 1 aliphatic rings. The highest BCUT2D eigenvalue weighted by Gasteiger charge is 2.13. The molecule has 0 spiro atoms. The molecule has 2 aromatic carbocycles. The predicted molar refractivity (Wildman–Crippen MR) is 101 cm³/mol. The van der Waals surface area contributed by atoms with E-state index in [9.17, 15) is 4.79 Å². The van der Waals surface area contributed by atoms with Gasteiger partial charge in [0, 0.05) is 17.3 Å². The summed E-state index contributed by atoms with van der Waals surface area (Å²) in [5.41, 5.74) is 1.94. The Bertz CT molecular complexity index is 973. The Kier molecular flexibility index (Phi) is 4.49. The first kappa shape index (κ1) is 16.7. The lowest BCUT2D eigenvalue weighted by atomic mass is 10.2. The normalized spacial score (nSPS) is 11.7. The van der Waals surface area contributed by atoms with Gasteiger partial charge in [-0.05, 0) is 42.5 Å². The van der Waals surface area contributed by atoms with E-state index in [0.29, 0.717) is 28.6 Å². The van der Waals surface area contributed by atoms with Crippen LogP contribution in [-0.4, -0.2) is 24.8 Å². The molecular formula is C20H17N3O4. The number of rotatable bonds is 5. The summed E-state index contributed by atoms with van der Waals surface area (Å²) in [5.74, 6) is 2.47. The van der Waals surface area contributed by atoms with E-state index in [-0.39, 0.29) is 12.7 Å². The fourth-order valence-corrected chi connectivity index (χ4v) is 2.63. The molecule has 0 fully saturated rings. The van der Waals surface area contributed by atoms with Crippen molar-refractivity contribution in [3.63, 3.8) is 0 Å². The van der Waals surface area contributed by atoms with Crippen molar-refractivity contribution >= 4 is 23.1 Å². The first-order valence-corrected chi connectivity index (χ1v) is 8.29. The largest absolute Gasteiger partial charge is 0.497 e. The lowest BCUT2D eigenvalue weighted by molar-refractivity contribution is 0.102. The molecule has 1 aliphatic heterocycles. The van der Waals surface area contributed by atoms with Gasteiger partial charge in [0.2, 0.25) is 6.79 Å². The number of amides is 1. The van der Waals surface area contributed by atoms with Gasteiger partial charge >= 0.3 is 0 Å². The number of pyridine rings is 1. The number of carbonyl (C=O) groups excluding carboxylic acids is 1. The number of benzene rings is 2. The molecule has 0 bridgehead atoms. The minimum atomic E-state index is -0.229. The average molecular weight is 363 g/mol. The van der Waals surface area contributed by atoms with Crippen LogP contribution in [-0.2, 0) is 0 Å². The molecule has 27 heavy (non-hydrogen) atoms. The van der Waals surface area contributed by atoms with Crippen LogP contribution in [0.15, 0.2) is 60.8 Å². The highest BCUT2D eigenvalue weighted by atomic mass is 16.7. The molecule has 4 rings (SSSR count). The zero-order chi connectivity index (χ0) is 18.6. The van der Waals surface area contributed by atoms with Crippen LogP contribution in [0, 0.1) is 0 Å². The maximum atomic E-state index is 12.3. The molecule has 0 aliphatic carbocycles. The van der Waals surface area contributed by atoms with Crippen LogP contribution < -0.4 is 24.8 Å². The number of fused-ring (bicyclic) bond motifs is 1. The molecule has 3 aromatic rings. The summed E-state index contributed by atoms with van der Waals surface area (Å²) in [6.45, 7) is 0.235. The lowest BCUT2D eigenvalue weighted by Gasteiger charge is -2.09. The quantitative estimate of drug-likeness (QED) is 0.717. The van der Waals surface area contributed by atoms with Crippen molar-refractivity contribution in [2.45, 2.75) is 0 Å². The highest BCUT2D eigenvalue weighted by Crippen LogP contribution is 2.34. The molecule has 136 valence electrons. The van der Waals surface area contributed by atoms with Gasteiger partial charge in [-0.2, -0.15) is 0 Å². The van der Waals surface area contributed by atoms with E-state index in [4.69, 9.17) is 14.2 Å². The summed E-state index contributed by atoms with van der Waals surface area (Å²) in [5, 5.41) is 6.00. The Morgan fingerprint density at radius 2 is 1.89 bits per heavy atom. The van der Waals surface area contributed by atoms with Gasteiger partial charge in [0.05, 0.1) is 19.0 Å². The van der Waals surface area contributed by atoms with Crippen LogP contribution in [0.5, 0.6) is 17.2 Å². The fourth-order valence-electron chi connectivity index (χ4n) is 2.63. The summed E-state index contributed by atoms with van der Waals surface area (Å²) in [6, 6.07) is 16.1. The molecule has 1 aromatic heterocycles. The van der Waals surface area contributed by atoms with Crippen LogP contribution in [0.4, 0.5) is 17.2 Å². The molecule has 0 saturated heterocycles. The van der Waals surface area contributed by atoms with Crippen molar-refractivity contribution in [3.8, 4) is 17.2 Å². The Hall–Kier alpha value is -3.74. The Morgan fingerprint density at radius 3 is 2.70 bits per heavy atom. The summed E-state index contributed by atoms with van der Waals surface area (Å²) in [6.07, 6.45) is 1.59.